The lowest BCUT2D eigenvalue weighted by molar-refractivity contribution is -0.153. The van der Waals surface area contributed by atoms with Gasteiger partial charge in [0.2, 0.25) is 0 Å². The highest BCUT2D eigenvalue weighted by Gasteiger charge is 2.53. The summed E-state index contributed by atoms with van der Waals surface area (Å²) in [7, 11) is 181. The zero-order valence-electron chi connectivity index (χ0n) is 68.2. The zero-order chi connectivity index (χ0) is 85.7. The van der Waals surface area contributed by atoms with Crippen molar-refractivity contribution in [1.29, 1.82) is 0 Å². The Morgan fingerprint density at radius 2 is 0.587 bits per heavy atom. The summed E-state index contributed by atoms with van der Waals surface area (Å²) in [6.07, 6.45) is 1.73. The fourth-order valence-electron chi connectivity index (χ4n) is 13.3. The lowest BCUT2D eigenvalue weighted by Crippen LogP contribution is -2.87. The fraction of sp³-hybridized carbons (Fsp3) is 0.844. The maximum absolute atomic E-state index is 11.8. The van der Waals surface area contributed by atoms with Crippen molar-refractivity contribution in [3.63, 3.8) is 0 Å². The van der Waals surface area contributed by atoms with Gasteiger partial charge in [-0.1, -0.05) is 124 Å². The average molecular weight is 1480 g/mol. The van der Waals surface area contributed by atoms with E-state index in [4.69, 9.17) is 237 Å². The molecule has 0 aromatic carbocycles. The van der Waals surface area contributed by atoms with E-state index in [2.05, 4.69) is 60.3 Å². The molecular formula is C45H80B57Br2O5. The number of alkyl halides is 2. The molecule has 0 heterocycles. The summed E-state index contributed by atoms with van der Waals surface area (Å²) in [5.74, 6) is 13.2. The molecule has 0 unspecified atom stereocenters. The first-order valence-corrected chi connectivity index (χ1v) is 41.2. The molecule has 0 aliphatic heterocycles. The van der Waals surface area contributed by atoms with E-state index >= 15 is 0 Å². The Balaban J connectivity index is -0.000000432. The molecular weight excluding hydrogens is 1400 g/mol. The van der Waals surface area contributed by atoms with Gasteiger partial charge < -0.3 is 9.47 Å². The minimum Gasteiger partial charge on any atom is -0.466 e. The molecule has 109 heavy (non-hydrogen) atoms. The van der Waals surface area contributed by atoms with Gasteiger partial charge in [0, 0.05) is 447 Å². The minimum atomic E-state index is -1.03. The lowest BCUT2D eigenvalue weighted by Gasteiger charge is -2.49. The second kappa shape index (κ2) is 70.0. The third-order valence-electron chi connectivity index (χ3n) is 19.8. The average Bonchev–Trinajstić information content (AvgIpc) is 0.778. The Hall–Kier alpha value is 2.39. The van der Waals surface area contributed by atoms with Gasteiger partial charge in [0.05, 0.1) is 24.5 Å². The van der Waals surface area contributed by atoms with Crippen molar-refractivity contribution in [3.05, 3.63) is 0 Å². The number of ether oxygens (including phenoxy) is 2. The van der Waals surface area contributed by atoms with Gasteiger partial charge in [-0.2, -0.15) is 0 Å². The second-order valence-electron chi connectivity index (χ2n) is 30.4. The Bertz CT molecular complexity index is 2270. The lowest BCUT2D eigenvalue weighted by atomic mass is 8.32. The molecule has 0 spiro atoms. The van der Waals surface area contributed by atoms with Crippen molar-refractivity contribution in [2.24, 2.45) is 16.7 Å². The standard InChI is InChI=1S/C25H44O3.C14H24Br2.C6H12O2.B29.B28/c1-7-28-23(27)25(5,6)21-19-17-15-13-11-9-8-10-12-14-16-18-20-24(3,4)22(2)26;15-13-11-9-7-5-3-1-2-4-6-8-10-12-14-16;1-4-8-6(7)5(2)3;1-16-24(17(2)3)28(25(18(4)5)19(6)7)29(26(20(8)9)21(10)11)27(22(12)13)23(14)15;1-16(2)23(15)27(24(17(3)4)18(5)6)28(25(19(7)8)20(9)10)26(21(11)12)22(13)14/h7,10-21H2,1-6H3;3-14H2;5H,4H2,1-3H3;;. The molecule has 64 heteroatoms. The summed E-state index contributed by atoms with van der Waals surface area (Å²) in [6, 6.07) is 0. The van der Waals surface area contributed by atoms with Gasteiger partial charge in [-0.25, -0.2) is 0 Å². The molecule has 0 saturated heterocycles. The van der Waals surface area contributed by atoms with E-state index in [9.17, 15) is 14.4 Å². The summed E-state index contributed by atoms with van der Waals surface area (Å²) in [5, 5.41) is 2.29. The van der Waals surface area contributed by atoms with Crippen LogP contribution in [0.4, 0.5) is 0 Å². The highest BCUT2D eigenvalue weighted by molar-refractivity contribution is 9.09. The molecule has 0 aliphatic carbocycles. The van der Waals surface area contributed by atoms with Crippen molar-refractivity contribution in [3.8, 4) is 23.7 Å². The number of ketones is 1. The zero-order valence-corrected chi connectivity index (χ0v) is 71.3. The van der Waals surface area contributed by atoms with Gasteiger partial charge in [0.1, 0.15) is 5.78 Å². The summed E-state index contributed by atoms with van der Waals surface area (Å²) >= 11 is 6.90. The molecule has 0 N–H and O–H groups in total. The van der Waals surface area contributed by atoms with Gasteiger partial charge in [0.25, 0.3) is 0 Å². The molecule has 0 aliphatic rings. The molecule has 475 valence electrons. The third-order valence-corrected chi connectivity index (χ3v) is 20.9. The predicted octanol–water partition coefficient (Wildman–Crippen LogP) is -7.94. The number of hydrogen-bond donors (Lipinski definition) is 0. The Morgan fingerprint density at radius 3 is 0.807 bits per heavy atom. The van der Waals surface area contributed by atoms with Crippen LogP contribution in [0.15, 0.2) is 0 Å². The van der Waals surface area contributed by atoms with Crippen LogP contribution < -0.4 is 0 Å². The molecule has 61 radical (unpaired) electrons. The molecule has 0 bridgehead atoms. The van der Waals surface area contributed by atoms with E-state index in [1.54, 1.807) is 13.8 Å². The molecule has 0 saturated carbocycles. The van der Waals surface area contributed by atoms with Crippen molar-refractivity contribution >= 4 is 455 Å². The third kappa shape index (κ3) is 54.4. The van der Waals surface area contributed by atoms with Crippen molar-refractivity contribution in [2.45, 2.75) is 204 Å². The number of hydrogen-bond acceptors (Lipinski definition) is 5. The monoisotopic (exact) mass is 1490 g/mol. The number of carbonyl (C=O) groups is 3. The molecule has 0 aromatic heterocycles. The normalized spacial score (nSPS) is 10.1. The summed E-state index contributed by atoms with van der Waals surface area (Å²) in [4.78, 5) is 33.8. The predicted molar refractivity (Wildman–Crippen MR) is 559 cm³/mol. The number of halogens is 2. The Kier molecular flexibility index (Phi) is 77.0. The van der Waals surface area contributed by atoms with Crippen LogP contribution in [-0.2, 0) is 23.9 Å². The van der Waals surface area contributed by atoms with E-state index in [1.165, 1.54) is 77.7 Å². The van der Waals surface area contributed by atoms with Crippen LogP contribution in [0.2, 0.25) is 0 Å². The van der Waals surface area contributed by atoms with Crippen LogP contribution in [0.5, 0.6) is 0 Å². The number of rotatable bonds is 52. The van der Waals surface area contributed by atoms with Gasteiger partial charge >= 0.3 is 11.9 Å². The van der Waals surface area contributed by atoms with Gasteiger partial charge in [-0.15, -0.1) is 23.7 Å². The molecule has 0 rings (SSSR count). The first kappa shape index (κ1) is 120. The molecule has 5 nitrogen and oxygen atoms in total. The smallest absolute Gasteiger partial charge is 0.311 e. The Labute approximate surface area is 739 Å². The van der Waals surface area contributed by atoms with Crippen LogP contribution in [-0.4, -0.2) is 447 Å². The summed E-state index contributed by atoms with van der Waals surface area (Å²) in [6.45, 7) is 18.0. The van der Waals surface area contributed by atoms with E-state index in [0.717, 1.165) is 81.3 Å². The van der Waals surface area contributed by atoms with Gasteiger partial charge in [-0.05, 0) is 86.0 Å². The van der Waals surface area contributed by atoms with Gasteiger partial charge in [-0.3, -0.25) is 14.4 Å². The highest BCUT2D eigenvalue weighted by Crippen LogP contribution is 2.27. The SMILES string of the molecule is BrCCCCCCC#CCCCCCCBr.CCOC(=O)C(C)(C)CCCCCCC#CCCCCCCC(C)(C)C(C)=O.CCOC(=O)C(C)C.[B]B([B])B([B])B(B(B([B])[B])B([B])[B])B(B(B([B])[B])B([B])[B])B(B([B])[B])B([B])[B].[B][B]B(B([B])[B])B(B(B([B])[B])B([B])[B])B(B(B([B])[B])B([B])[B])B(B([B])[B])B([B])[B]. The number of carbonyl (C=O) groups excluding carboxylic acids is 3. The van der Waals surface area contributed by atoms with Crippen molar-refractivity contribution in [2.75, 3.05) is 23.9 Å². The number of esters is 2. The number of unbranched alkanes of at least 4 members (excludes halogenated alkanes) is 16. The molecule has 0 amide bonds. The van der Waals surface area contributed by atoms with Gasteiger partial charge in [0.15, 0.2) is 0 Å². The van der Waals surface area contributed by atoms with Crippen molar-refractivity contribution < 1.29 is 23.9 Å². The first-order valence-electron chi connectivity index (χ1n) is 38.9. The second-order valence-corrected chi connectivity index (χ2v) is 32.0. The summed E-state index contributed by atoms with van der Waals surface area (Å²) < 4.78 is 9.79. The summed E-state index contributed by atoms with van der Waals surface area (Å²) in [5.41, 5.74) is -0.522. The molecule has 0 aromatic rings. The quantitative estimate of drug-likeness (QED) is 0.0200. The van der Waals surface area contributed by atoms with E-state index in [0.29, 0.717) is 19.0 Å². The van der Waals surface area contributed by atoms with Crippen LogP contribution in [0.3, 0.4) is 0 Å². The van der Waals surface area contributed by atoms with Crippen LogP contribution in [0.25, 0.3) is 0 Å². The van der Waals surface area contributed by atoms with E-state index in [-0.39, 0.29) is 28.7 Å². The van der Waals surface area contributed by atoms with Crippen molar-refractivity contribution in [1.82, 2.24) is 0 Å². The maximum Gasteiger partial charge on any atom is 0.311 e. The maximum atomic E-state index is 11.8. The topological polar surface area (TPSA) is 69.7 Å². The molecule has 0 fully saturated rings. The molecule has 0 atom stereocenters. The highest BCUT2D eigenvalue weighted by atomic mass is 79.9. The number of Topliss-reactive ketones (excluding diaryl/α,β-unsaturated/α-hetero) is 1. The van der Waals surface area contributed by atoms with Crippen LogP contribution in [0.1, 0.15) is 204 Å². The minimum absolute atomic E-state index is 0.00921. The fourth-order valence-corrected chi connectivity index (χ4v) is 14.1. The Morgan fingerprint density at radius 1 is 0.339 bits per heavy atom. The van der Waals surface area contributed by atoms with E-state index < -0.39 is 166 Å². The van der Waals surface area contributed by atoms with E-state index in [1.807, 2.05) is 48.5 Å². The first-order chi connectivity index (χ1) is 50.6. The van der Waals surface area contributed by atoms with Crippen LogP contribution >= 0.6 is 31.9 Å². The largest absolute Gasteiger partial charge is 0.466 e. The van der Waals surface area contributed by atoms with Crippen LogP contribution in [0, 0.1) is 40.4 Å².